The summed E-state index contributed by atoms with van der Waals surface area (Å²) in [6.07, 6.45) is 2.31. The van der Waals surface area contributed by atoms with E-state index in [1.54, 1.807) is 0 Å². The number of carbonyl (C=O) groups excluding carboxylic acids is 1. The summed E-state index contributed by atoms with van der Waals surface area (Å²) in [5.41, 5.74) is -0.452. The summed E-state index contributed by atoms with van der Waals surface area (Å²) in [6, 6.07) is 2.55. The Balaban J connectivity index is 2.62. The zero-order valence-electron chi connectivity index (χ0n) is 14.7. The molecule has 1 rings (SSSR count). The van der Waals surface area contributed by atoms with Gasteiger partial charge in [-0.25, -0.2) is 4.79 Å². The summed E-state index contributed by atoms with van der Waals surface area (Å²) >= 11 is 0. The largest absolute Gasteiger partial charge is 0.444 e. The van der Waals surface area contributed by atoms with Crippen LogP contribution in [0.25, 0.3) is 0 Å². The molecule has 5 nitrogen and oxygen atoms in total. The van der Waals surface area contributed by atoms with Gasteiger partial charge < -0.3 is 15.0 Å². The van der Waals surface area contributed by atoms with E-state index in [2.05, 4.69) is 25.2 Å². The molecule has 0 spiro atoms. The van der Waals surface area contributed by atoms with Gasteiger partial charge in [-0.15, -0.1) is 0 Å². The van der Waals surface area contributed by atoms with Crippen LogP contribution in [0.1, 0.15) is 53.9 Å². The molecule has 22 heavy (non-hydrogen) atoms. The molecular formula is C17H31N3O2. The van der Waals surface area contributed by atoms with Gasteiger partial charge in [0.25, 0.3) is 0 Å². The molecule has 0 aromatic carbocycles. The maximum absolute atomic E-state index is 12.3. The molecule has 0 aromatic rings. The lowest BCUT2D eigenvalue weighted by molar-refractivity contribution is 0.0117. The van der Waals surface area contributed by atoms with E-state index in [-0.39, 0.29) is 6.09 Å². The molecule has 1 amide bonds. The zero-order chi connectivity index (χ0) is 16.8. The molecule has 0 saturated carbocycles. The van der Waals surface area contributed by atoms with Crippen LogP contribution in [0.4, 0.5) is 4.79 Å². The molecule has 2 unspecified atom stereocenters. The van der Waals surface area contributed by atoms with E-state index in [0.717, 1.165) is 25.9 Å². The van der Waals surface area contributed by atoms with Gasteiger partial charge in [-0.05, 0) is 45.4 Å². The first-order chi connectivity index (χ1) is 10.2. The van der Waals surface area contributed by atoms with Crippen LogP contribution in [0.5, 0.6) is 0 Å². The number of likely N-dealkylation sites (tertiary alicyclic amines) is 1. The maximum atomic E-state index is 12.3. The second-order valence-corrected chi connectivity index (χ2v) is 7.57. The Labute approximate surface area is 135 Å². The Morgan fingerprint density at radius 3 is 2.68 bits per heavy atom. The van der Waals surface area contributed by atoms with Crippen LogP contribution in [0.15, 0.2) is 0 Å². The average molecular weight is 309 g/mol. The van der Waals surface area contributed by atoms with Crippen molar-refractivity contribution in [3.05, 3.63) is 0 Å². The van der Waals surface area contributed by atoms with Crippen LogP contribution < -0.4 is 5.32 Å². The van der Waals surface area contributed by atoms with E-state index in [9.17, 15) is 4.79 Å². The van der Waals surface area contributed by atoms with Crippen LogP contribution >= 0.6 is 0 Å². The van der Waals surface area contributed by atoms with E-state index < -0.39 is 5.60 Å². The van der Waals surface area contributed by atoms with E-state index in [4.69, 9.17) is 10.00 Å². The first-order valence-electron chi connectivity index (χ1n) is 8.31. The molecule has 5 heteroatoms. The van der Waals surface area contributed by atoms with E-state index in [1.807, 2.05) is 25.7 Å². The minimum absolute atomic E-state index is 0.211. The second kappa shape index (κ2) is 8.38. The van der Waals surface area contributed by atoms with Crippen molar-refractivity contribution < 1.29 is 9.53 Å². The smallest absolute Gasteiger partial charge is 0.410 e. The number of nitrogens with zero attached hydrogens (tertiary/aromatic N) is 2. The topological polar surface area (TPSA) is 65.4 Å². The summed E-state index contributed by atoms with van der Waals surface area (Å²) in [7, 11) is 0. The molecule has 1 fully saturated rings. The maximum Gasteiger partial charge on any atom is 0.410 e. The number of rotatable bonds is 5. The average Bonchev–Trinajstić information content (AvgIpc) is 2.38. The number of ether oxygens (including phenoxy) is 1. The number of amides is 1. The Bertz CT molecular complexity index is 396. The van der Waals surface area contributed by atoms with Crippen molar-refractivity contribution in [3.63, 3.8) is 0 Å². The molecule has 126 valence electrons. The number of nitriles is 1. The summed E-state index contributed by atoms with van der Waals surface area (Å²) in [4.78, 5) is 14.1. The fourth-order valence-corrected chi connectivity index (χ4v) is 2.95. The second-order valence-electron chi connectivity index (χ2n) is 7.57. The predicted molar refractivity (Wildman–Crippen MR) is 87.4 cm³/mol. The highest BCUT2D eigenvalue weighted by atomic mass is 16.6. The fraction of sp³-hybridized carbons (Fsp3) is 0.882. The van der Waals surface area contributed by atoms with Crippen LogP contribution in [-0.2, 0) is 4.74 Å². The minimum Gasteiger partial charge on any atom is -0.444 e. The van der Waals surface area contributed by atoms with Gasteiger partial charge in [-0.1, -0.05) is 13.8 Å². The lowest BCUT2D eigenvalue weighted by atomic mass is 9.85. The number of piperidine rings is 1. The van der Waals surface area contributed by atoms with Crippen molar-refractivity contribution in [1.82, 2.24) is 10.2 Å². The van der Waals surface area contributed by atoms with Crippen LogP contribution in [-0.4, -0.2) is 42.3 Å². The normalized spacial score (nSPS) is 22.5. The Morgan fingerprint density at radius 1 is 1.45 bits per heavy atom. The Morgan fingerprint density at radius 2 is 2.14 bits per heavy atom. The third kappa shape index (κ3) is 6.65. The molecule has 0 aliphatic carbocycles. The molecular weight excluding hydrogens is 278 g/mol. The number of hydrogen-bond donors (Lipinski definition) is 1. The number of nitrogens with one attached hydrogen (secondary N) is 1. The van der Waals surface area contributed by atoms with Crippen LogP contribution in [0.2, 0.25) is 0 Å². The van der Waals surface area contributed by atoms with E-state index in [1.165, 1.54) is 0 Å². The molecule has 1 N–H and O–H groups in total. The van der Waals surface area contributed by atoms with Crippen LogP contribution in [0, 0.1) is 23.2 Å². The Hall–Kier alpha value is -1.28. The van der Waals surface area contributed by atoms with Gasteiger partial charge in [-0.2, -0.15) is 5.26 Å². The van der Waals surface area contributed by atoms with Gasteiger partial charge in [0.2, 0.25) is 0 Å². The summed E-state index contributed by atoms with van der Waals surface area (Å²) in [5, 5.41) is 12.2. The van der Waals surface area contributed by atoms with Crippen molar-refractivity contribution in [2.24, 2.45) is 11.8 Å². The third-order valence-electron chi connectivity index (χ3n) is 3.80. The van der Waals surface area contributed by atoms with Crippen molar-refractivity contribution in [2.45, 2.75) is 65.5 Å². The van der Waals surface area contributed by atoms with Crippen molar-refractivity contribution in [3.8, 4) is 6.07 Å². The van der Waals surface area contributed by atoms with Gasteiger partial charge in [-0.3, -0.25) is 0 Å². The van der Waals surface area contributed by atoms with E-state index >= 15 is 0 Å². The monoisotopic (exact) mass is 309 g/mol. The molecule has 2 atom stereocenters. The molecule has 1 aliphatic heterocycles. The molecule has 1 heterocycles. The highest BCUT2D eigenvalue weighted by Gasteiger charge is 2.33. The van der Waals surface area contributed by atoms with Gasteiger partial charge in [0.1, 0.15) is 5.60 Å². The minimum atomic E-state index is -0.452. The van der Waals surface area contributed by atoms with Gasteiger partial charge >= 0.3 is 6.09 Å². The molecule has 0 aromatic heterocycles. The SMILES string of the molecule is CC(C)CC1CN(C(=O)OC(C)(C)C)CCC1NCCC#N. The lowest BCUT2D eigenvalue weighted by Crippen LogP contribution is -2.52. The molecule has 0 bridgehead atoms. The van der Waals surface area contributed by atoms with Crippen molar-refractivity contribution >= 4 is 6.09 Å². The highest BCUT2D eigenvalue weighted by molar-refractivity contribution is 5.68. The van der Waals surface area contributed by atoms with Gasteiger partial charge in [0, 0.05) is 32.1 Å². The van der Waals surface area contributed by atoms with Crippen LogP contribution in [0.3, 0.4) is 0 Å². The molecule has 0 radical (unpaired) electrons. The molecule has 1 saturated heterocycles. The van der Waals surface area contributed by atoms with Crippen molar-refractivity contribution in [1.29, 1.82) is 5.26 Å². The van der Waals surface area contributed by atoms with Gasteiger partial charge in [0.15, 0.2) is 0 Å². The van der Waals surface area contributed by atoms with Gasteiger partial charge in [0.05, 0.1) is 6.07 Å². The number of carbonyl (C=O) groups is 1. The third-order valence-corrected chi connectivity index (χ3v) is 3.80. The van der Waals surface area contributed by atoms with Crippen molar-refractivity contribution in [2.75, 3.05) is 19.6 Å². The first kappa shape index (κ1) is 18.8. The standard InChI is InChI=1S/C17H31N3O2/c1-13(2)11-14-12-20(16(21)22-17(3,4)5)10-7-15(14)19-9-6-8-18/h13-15,19H,6-7,9-12H2,1-5H3. The lowest BCUT2D eigenvalue weighted by Gasteiger charge is -2.40. The predicted octanol–water partition coefficient (Wildman–Crippen LogP) is 3.16. The fourth-order valence-electron chi connectivity index (χ4n) is 2.95. The molecule has 1 aliphatic rings. The first-order valence-corrected chi connectivity index (χ1v) is 8.31. The highest BCUT2D eigenvalue weighted by Crippen LogP contribution is 2.25. The summed E-state index contributed by atoms with van der Waals surface area (Å²) in [5.74, 6) is 1.00. The Kier molecular flexibility index (Phi) is 7.15. The van der Waals surface area contributed by atoms with E-state index in [0.29, 0.717) is 30.8 Å². The zero-order valence-corrected chi connectivity index (χ0v) is 14.7. The summed E-state index contributed by atoms with van der Waals surface area (Å²) in [6.45, 7) is 12.3. The summed E-state index contributed by atoms with van der Waals surface area (Å²) < 4.78 is 5.49. The number of hydrogen-bond acceptors (Lipinski definition) is 4. The quantitative estimate of drug-likeness (QED) is 0.792.